The van der Waals surface area contributed by atoms with Crippen LogP contribution in [0.3, 0.4) is 0 Å². The van der Waals surface area contributed by atoms with Crippen molar-refractivity contribution in [3.05, 3.63) is 25.3 Å². The monoisotopic (exact) mass is 182 g/mol. The summed E-state index contributed by atoms with van der Waals surface area (Å²) in [5.74, 6) is 0. The molecule has 0 aromatic rings. The van der Waals surface area contributed by atoms with Crippen molar-refractivity contribution >= 4 is 0 Å². The molecular formula is C11H22N2. The molecule has 0 fully saturated rings. The van der Waals surface area contributed by atoms with E-state index in [2.05, 4.69) is 30.5 Å². The zero-order valence-electron chi connectivity index (χ0n) is 8.76. The second-order valence-electron chi connectivity index (χ2n) is 3.10. The van der Waals surface area contributed by atoms with Crippen LogP contribution in [-0.2, 0) is 0 Å². The third kappa shape index (κ3) is 7.75. The number of hydrogen-bond donors (Lipinski definition) is 1. The number of hydrazine groups is 1. The molecule has 0 aliphatic heterocycles. The van der Waals surface area contributed by atoms with Crippen LogP contribution in [0.5, 0.6) is 0 Å². The van der Waals surface area contributed by atoms with E-state index in [9.17, 15) is 0 Å². The van der Waals surface area contributed by atoms with E-state index in [-0.39, 0.29) is 0 Å². The predicted molar refractivity (Wildman–Crippen MR) is 59.5 cm³/mol. The lowest BCUT2D eigenvalue weighted by molar-refractivity contribution is 0.231. The maximum absolute atomic E-state index is 3.71. The van der Waals surface area contributed by atoms with Gasteiger partial charge in [0.15, 0.2) is 0 Å². The van der Waals surface area contributed by atoms with Crippen LogP contribution >= 0.6 is 0 Å². The molecule has 0 rings (SSSR count). The minimum atomic E-state index is 0.873. The first kappa shape index (κ1) is 12.4. The topological polar surface area (TPSA) is 15.3 Å². The van der Waals surface area contributed by atoms with Crippen LogP contribution in [0.1, 0.15) is 26.2 Å². The highest BCUT2D eigenvalue weighted by Gasteiger charge is 1.97. The Morgan fingerprint density at radius 1 is 1.15 bits per heavy atom. The first-order valence-electron chi connectivity index (χ1n) is 5.05. The van der Waals surface area contributed by atoms with Crippen molar-refractivity contribution in [3.8, 4) is 0 Å². The van der Waals surface area contributed by atoms with Crippen LogP contribution < -0.4 is 5.43 Å². The first-order chi connectivity index (χ1) is 6.35. The number of hydrogen-bond acceptors (Lipinski definition) is 2. The van der Waals surface area contributed by atoms with Crippen molar-refractivity contribution in [2.75, 3.05) is 19.6 Å². The highest BCUT2D eigenvalue weighted by molar-refractivity contribution is 4.77. The van der Waals surface area contributed by atoms with Crippen molar-refractivity contribution in [3.63, 3.8) is 0 Å². The SMILES string of the molecule is C=CCN(CC=C)NCCCCC. The average molecular weight is 182 g/mol. The summed E-state index contributed by atoms with van der Waals surface area (Å²) in [5, 5.41) is 2.12. The quantitative estimate of drug-likeness (QED) is 0.334. The molecular weight excluding hydrogens is 160 g/mol. The molecule has 0 aromatic carbocycles. The molecule has 1 N–H and O–H groups in total. The molecule has 0 radical (unpaired) electrons. The Labute approximate surface area is 82.3 Å². The van der Waals surface area contributed by atoms with Crippen molar-refractivity contribution in [2.24, 2.45) is 0 Å². The van der Waals surface area contributed by atoms with Gasteiger partial charge in [-0.15, -0.1) is 13.2 Å². The Morgan fingerprint density at radius 3 is 2.23 bits per heavy atom. The van der Waals surface area contributed by atoms with Gasteiger partial charge in [0.1, 0.15) is 0 Å². The molecule has 0 saturated carbocycles. The Morgan fingerprint density at radius 2 is 1.77 bits per heavy atom. The van der Waals surface area contributed by atoms with Gasteiger partial charge in [-0.3, -0.25) is 5.43 Å². The van der Waals surface area contributed by atoms with Crippen LogP contribution in [0.25, 0.3) is 0 Å². The molecule has 2 nitrogen and oxygen atoms in total. The lowest BCUT2D eigenvalue weighted by Crippen LogP contribution is -2.38. The highest BCUT2D eigenvalue weighted by Crippen LogP contribution is 1.92. The maximum Gasteiger partial charge on any atom is 0.0312 e. The molecule has 0 heterocycles. The number of nitrogens with one attached hydrogen (secondary N) is 1. The van der Waals surface area contributed by atoms with Crippen LogP contribution in [0, 0.1) is 0 Å². The molecule has 0 aromatic heterocycles. The van der Waals surface area contributed by atoms with Gasteiger partial charge in [-0.05, 0) is 6.42 Å². The summed E-state index contributed by atoms with van der Waals surface area (Å²) >= 11 is 0. The Kier molecular flexibility index (Phi) is 9.05. The second kappa shape index (κ2) is 9.49. The normalized spacial score (nSPS) is 10.3. The molecule has 0 aliphatic rings. The van der Waals surface area contributed by atoms with E-state index in [1.165, 1.54) is 19.3 Å². The van der Waals surface area contributed by atoms with Gasteiger partial charge in [0.05, 0.1) is 0 Å². The van der Waals surface area contributed by atoms with Crippen molar-refractivity contribution in [1.82, 2.24) is 10.4 Å². The summed E-state index contributed by atoms with van der Waals surface area (Å²) in [5.41, 5.74) is 3.35. The minimum Gasteiger partial charge on any atom is -0.255 e. The van der Waals surface area contributed by atoms with E-state index in [0.717, 1.165) is 19.6 Å². The summed E-state index contributed by atoms with van der Waals surface area (Å²) in [6.45, 7) is 12.4. The highest BCUT2D eigenvalue weighted by atomic mass is 15.5. The van der Waals surface area contributed by atoms with Crippen molar-refractivity contribution in [1.29, 1.82) is 0 Å². The van der Waals surface area contributed by atoms with Crippen LogP contribution in [0.15, 0.2) is 25.3 Å². The minimum absolute atomic E-state index is 0.873. The smallest absolute Gasteiger partial charge is 0.0312 e. The molecule has 0 saturated heterocycles. The molecule has 0 atom stereocenters. The van der Waals surface area contributed by atoms with E-state index in [1.54, 1.807) is 0 Å². The number of rotatable bonds is 9. The summed E-state index contributed by atoms with van der Waals surface area (Å²) < 4.78 is 0. The lowest BCUT2D eigenvalue weighted by atomic mass is 10.2. The van der Waals surface area contributed by atoms with Gasteiger partial charge in [-0.25, -0.2) is 5.01 Å². The Hall–Kier alpha value is -0.600. The Balaban J connectivity index is 3.43. The molecule has 0 amide bonds. The maximum atomic E-state index is 3.71. The summed E-state index contributed by atoms with van der Waals surface area (Å²) in [6.07, 6.45) is 7.60. The van der Waals surface area contributed by atoms with Gasteiger partial charge in [0.2, 0.25) is 0 Å². The van der Waals surface area contributed by atoms with Crippen LogP contribution in [0.2, 0.25) is 0 Å². The third-order valence-corrected chi connectivity index (χ3v) is 1.81. The van der Waals surface area contributed by atoms with Gasteiger partial charge in [-0.2, -0.15) is 0 Å². The zero-order chi connectivity index (χ0) is 9.94. The summed E-state index contributed by atoms with van der Waals surface area (Å²) in [7, 11) is 0. The fraction of sp³-hybridized carbons (Fsp3) is 0.636. The standard InChI is InChI=1S/C11H22N2/c1-4-7-8-9-12-13(10-5-2)11-6-3/h5-6,12H,2-4,7-11H2,1H3. The lowest BCUT2D eigenvalue weighted by Gasteiger charge is -2.19. The molecule has 0 bridgehead atoms. The van der Waals surface area contributed by atoms with E-state index in [1.807, 2.05) is 12.2 Å². The van der Waals surface area contributed by atoms with E-state index >= 15 is 0 Å². The van der Waals surface area contributed by atoms with Crippen LogP contribution in [0.4, 0.5) is 0 Å². The molecule has 2 heteroatoms. The Bertz CT molecular complexity index is 122. The number of unbranched alkanes of at least 4 members (excludes halogenated alkanes) is 2. The molecule has 0 aliphatic carbocycles. The second-order valence-corrected chi connectivity index (χ2v) is 3.10. The van der Waals surface area contributed by atoms with Gasteiger partial charge < -0.3 is 0 Å². The molecule has 0 unspecified atom stereocenters. The fourth-order valence-electron chi connectivity index (χ4n) is 1.13. The molecule has 0 spiro atoms. The van der Waals surface area contributed by atoms with E-state index < -0.39 is 0 Å². The van der Waals surface area contributed by atoms with Gasteiger partial charge >= 0.3 is 0 Å². The first-order valence-corrected chi connectivity index (χ1v) is 5.05. The summed E-state index contributed by atoms with van der Waals surface area (Å²) in [6, 6.07) is 0. The van der Waals surface area contributed by atoms with E-state index in [4.69, 9.17) is 0 Å². The van der Waals surface area contributed by atoms with Gasteiger partial charge in [-0.1, -0.05) is 31.9 Å². The molecule has 76 valence electrons. The molecule has 13 heavy (non-hydrogen) atoms. The van der Waals surface area contributed by atoms with Crippen molar-refractivity contribution < 1.29 is 0 Å². The largest absolute Gasteiger partial charge is 0.255 e. The fourth-order valence-corrected chi connectivity index (χ4v) is 1.13. The van der Waals surface area contributed by atoms with Crippen molar-refractivity contribution in [2.45, 2.75) is 26.2 Å². The third-order valence-electron chi connectivity index (χ3n) is 1.81. The average Bonchev–Trinajstić information content (AvgIpc) is 2.13. The van der Waals surface area contributed by atoms with Gasteiger partial charge in [0, 0.05) is 19.6 Å². The van der Waals surface area contributed by atoms with E-state index in [0.29, 0.717) is 0 Å². The predicted octanol–water partition coefficient (Wildman–Crippen LogP) is 2.36. The zero-order valence-corrected chi connectivity index (χ0v) is 8.76. The summed E-state index contributed by atoms with van der Waals surface area (Å²) in [4.78, 5) is 0. The number of nitrogens with zero attached hydrogens (tertiary/aromatic N) is 1. The van der Waals surface area contributed by atoms with Crippen LogP contribution in [-0.4, -0.2) is 24.6 Å². The van der Waals surface area contributed by atoms with Gasteiger partial charge in [0.25, 0.3) is 0 Å².